The van der Waals surface area contributed by atoms with Gasteiger partial charge in [0.25, 0.3) is 0 Å². The van der Waals surface area contributed by atoms with Crippen LogP contribution in [-0.4, -0.2) is 4.89 Å². The molecule has 0 radical (unpaired) electrons. The summed E-state index contributed by atoms with van der Waals surface area (Å²) in [6.45, 7) is 26.8. The van der Waals surface area contributed by atoms with Gasteiger partial charge in [0, 0.05) is 16.5 Å². The molecule has 34 heavy (non-hydrogen) atoms. The van der Waals surface area contributed by atoms with E-state index in [1.807, 2.05) is 45.0 Å². The Kier molecular flexibility index (Phi) is 7.64. The smallest absolute Gasteiger partial charge is 0.395 e. The van der Waals surface area contributed by atoms with Crippen LogP contribution in [0.25, 0.3) is 0 Å². The normalized spacial score (nSPS) is 14.9. The second-order valence-corrected chi connectivity index (χ2v) is 14.1. The van der Waals surface area contributed by atoms with Gasteiger partial charge in [-0.05, 0) is 39.5 Å². The fourth-order valence-corrected chi connectivity index (χ4v) is 4.50. The molecule has 1 atom stereocenters. The van der Waals surface area contributed by atoms with Crippen molar-refractivity contribution in [1.82, 2.24) is 0 Å². The number of hydrogen-bond acceptors (Lipinski definition) is 3. The third kappa shape index (κ3) is 6.77. The highest BCUT2D eigenvalue weighted by Gasteiger charge is 2.33. The molecular weight excluding hydrogens is 443 g/mol. The van der Waals surface area contributed by atoms with Crippen molar-refractivity contribution >= 4 is 7.82 Å². The molecule has 0 aliphatic heterocycles. The Morgan fingerprint density at radius 1 is 0.706 bits per heavy atom. The van der Waals surface area contributed by atoms with E-state index in [-0.39, 0.29) is 21.7 Å². The van der Waals surface area contributed by atoms with Gasteiger partial charge >= 0.3 is 7.82 Å². The second-order valence-electron chi connectivity index (χ2n) is 12.7. The fourth-order valence-electron chi connectivity index (χ4n) is 3.64. The lowest BCUT2D eigenvalue weighted by atomic mass is 9.79. The molecule has 0 heterocycles. The van der Waals surface area contributed by atoms with Gasteiger partial charge in [-0.3, -0.25) is 4.89 Å². The second kappa shape index (κ2) is 9.21. The van der Waals surface area contributed by atoms with E-state index >= 15 is 0 Å². The van der Waals surface area contributed by atoms with E-state index < -0.39 is 7.82 Å². The van der Waals surface area contributed by atoms with E-state index in [9.17, 15) is 9.46 Å². The number of phosphoric ester groups is 1. The Labute approximate surface area is 207 Å². The first-order valence-corrected chi connectivity index (χ1v) is 13.3. The summed E-state index contributed by atoms with van der Waals surface area (Å²) in [7, 11) is -4.47. The Morgan fingerprint density at radius 2 is 1.09 bits per heavy atom. The van der Waals surface area contributed by atoms with Crippen molar-refractivity contribution in [1.29, 1.82) is 0 Å². The van der Waals surface area contributed by atoms with Crippen LogP contribution in [0.5, 0.6) is 11.5 Å². The first kappa shape index (κ1) is 28.2. The van der Waals surface area contributed by atoms with Gasteiger partial charge in [0.05, 0.1) is 0 Å². The summed E-state index contributed by atoms with van der Waals surface area (Å²) in [5, 5.41) is 0. The van der Waals surface area contributed by atoms with Crippen LogP contribution in [0.2, 0.25) is 0 Å². The molecule has 4 nitrogen and oxygen atoms in total. The first-order chi connectivity index (χ1) is 15.2. The lowest BCUT2D eigenvalue weighted by molar-refractivity contribution is 0.286. The standard InChI is InChI=1S/C29H43O4P/c1-13-29(11,12)21-15-17-25(23(19-21)28(8,9)10)33-34(30,31)32-24-16-14-20(26(2,3)4)18-22(24)27(5,6)7/h13-19H,1H2,2-12H3,(H,30,31). The minimum absolute atomic E-state index is 0.0550. The lowest BCUT2D eigenvalue weighted by Crippen LogP contribution is -2.19. The van der Waals surface area contributed by atoms with Gasteiger partial charge in [0.1, 0.15) is 11.5 Å². The lowest BCUT2D eigenvalue weighted by Gasteiger charge is -2.29. The predicted molar refractivity (Wildman–Crippen MR) is 143 cm³/mol. The molecule has 188 valence electrons. The van der Waals surface area contributed by atoms with Crippen LogP contribution in [0.1, 0.15) is 98.4 Å². The summed E-state index contributed by atoms with van der Waals surface area (Å²) in [5.41, 5.74) is 2.98. The Balaban J connectivity index is 2.50. The molecule has 2 aromatic carbocycles. The number of phosphoric acid groups is 1. The molecule has 0 aliphatic rings. The van der Waals surface area contributed by atoms with Crippen molar-refractivity contribution in [3.05, 3.63) is 71.3 Å². The Bertz CT molecular complexity index is 1090. The van der Waals surface area contributed by atoms with E-state index in [0.717, 1.165) is 22.3 Å². The molecule has 0 saturated carbocycles. The Hall–Kier alpha value is -2.03. The zero-order valence-corrected chi connectivity index (χ0v) is 23.8. The highest BCUT2D eigenvalue weighted by atomic mass is 31.2. The quantitative estimate of drug-likeness (QED) is 0.328. The number of rotatable bonds is 6. The molecule has 0 amide bonds. The fraction of sp³-hybridized carbons (Fsp3) is 0.517. The van der Waals surface area contributed by atoms with Crippen LogP contribution in [0.4, 0.5) is 0 Å². The SMILES string of the molecule is C=CC(C)(C)c1ccc(OP(=O)(O)Oc2ccc(C(C)(C)C)cc2C(C)(C)C)c(C(C)(C)C)c1. The van der Waals surface area contributed by atoms with Crippen molar-refractivity contribution in [3.63, 3.8) is 0 Å². The van der Waals surface area contributed by atoms with Gasteiger partial charge in [0.2, 0.25) is 0 Å². The molecule has 0 aliphatic carbocycles. The van der Waals surface area contributed by atoms with Crippen molar-refractivity contribution < 1.29 is 18.5 Å². The highest BCUT2D eigenvalue weighted by molar-refractivity contribution is 7.48. The third-order valence-corrected chi connectivity index (χ3v) is 6.98. The Morgan fingerprint density at radius 3 is 1.44 bits per heavy atom. The van der Waals surface area contributed by atoms with Gasteiger partial charge in [0.15, 0.2) is 0 Å². The number of hydrogen-bond donors (Lipinski definition) is 1. The third-order valence-electron chi connectivity index (χ3n) is 6.12. The maximum Gasteiger partial charge on any atom is 0.584 e. The molecule has 2 aromatic rings. The van der Waals surface area contributed by atoms with Crippen molar-refractivity contribution in [2.24, 2.45) is 0 Å². The highest BCUT2D eigenvalue weighted by Crippen LogP contribution is 2.50. The van der Waals surface area contributed by atoms with Crippen molar-refractivity contribution in [2.75, 3.05) is 0 Å². The molecule has 0 bridgehead atoms. The van der Waals surface area contributed by atoms with E-state index in [1.165, 1.54) is 0 Å². The summed E-state index contributed by atoms with van der Waals surface area (Å²) in [6, 6.07) is 11.5. The molecule has 5 heteroatoms. The number of benzene rings is 2. The maximum absolute atomic E-state index is 13.2. The largest absolute Gasteiger partial charge is 0.584 e. The van der Waals surface area contributed by atoms with Gasteiger partial charge < -0.3 is 9.05 Å². The first-order valence-electron chi connectivity index (χ1n) is 11.8. The molecule has 0 aromatic heterocycles. The molecule has 1 unspecified atom stereocenters. The topological polar surface area (TPSA) is 55.8 Å². The van der Waals surface area contributed by atoms with Crippen LogP contribution in [0.15, 0.2) is 49.1 Å². The van der Waals surface area contributed by atoms with E-state index in [4.69, 9.17) is 9.05 Å². The van der Waals surface area contributed by atoms with Crippen LogP contribution < -0.4 is 9.05 Å². The van der Waals surface area contributed by atoms with Crippen molar-refractivity contribution in [3.8, 4) is 11.5 Å². The monoisotopic (exact) mass is 486 g/mol. The minimum atomic E-state index is -4.47. The van der Waals surface area contributed by atoms with Crippen molar-refractivity contribution in [2.45, 2.75) is 97.8 Å². The molecule has 1 N–H and O–H groups in total. The average Bonchev–Trinajstić information content (AvgIpc) is 2.65. The van der Waals surface area contributed by atoms with Gasteiger partial charge in [-0.1, -0.05) is 107 Å². The van der Waals surface area contributed by atoms with Crippen LogP contribution in [0, 0.1) is 0 Å². The maximum atomic E-state index is 13.2. The predicted octanol–water partition coefficient (Wildman–Crippen LogP) is 8.60. The van der Waals surface area contributed by atoms with E-state index in [2.05, 4.69) is 68.0 Å². The van der Waals surface area contributed by atoms with Gasteiger partial charge in [-0.25, -0.2) is 4.57 Å². The summed E-state index contributed by atoms with van der Waals surface area (Å²) >= 11 is 0. The molecule has 2 rings (SSSR count). The molecule has 0 fully saturated rings. The van der Waals surface area contributed by atoms with Crippen LogP contribution in [0.3, 0.4) is 0 Å². The molecule has 0 saturated heterocycles. The minimum Gasteiger partial charge on any atom is -0.395 e. The molecule has 0 spiro atoms. The molecular formula is C29H43O4P. The van der Waals surface area contributed by atoms with Crippen LogP contribution >= 0.6 is 7.82 Å². The van der Waals surface area contributed by atoms with Gasteiger partial charge in [-0.15, -0.1) is 6.58 Å². The summed E-state index contributed by atoms with van der Waals surface area (Å²) in [5.74, 6) is 0.693. The zero-order valence-electron chi connectivity index (χ0n) is 22.9. The van der Waals surface area contributed by atoms with E-state index in [1.54, 1.807) is 12.1 Å². The van der Waals surface area contributed by atoms with Crippen LogP contribution in [-0.2, 0) is 26.2 Å². The summed E-state index contributed by atoms with van der Waals surface area (Å²) in [4.78, 5) is 10.8. The number of allylic oxidation sites excluding steroid dienone is 1. The average molecular weight is 487 g/mol. The van der Waals surface area contributed by atoms with Gasteiger partial charge in [-0.2, -0.15) is 0 Å². The summed E-state index contributed by atoms with van der Waals surface area (Å²) < 4.78 is 24.6. The van der Waals surface area contributed by atoms with E-state index in [0.29, 0.717) is 11.5 Å². The zero-order chi connectivity index (χ0) is 26.3. The summed E-state index contributed by atoms with van der Waals surface area (Å²) in [6.07, 6.45) is 1.89.